The Morgan fingerprint density at radius 2 is 1.83 bits per heavy atom. The molecule has 1 atom stereocenters. The molecule has 1 heterocycles. The SMILES string of the molecule is COc1cc(C(C)NC(=O)c2cn[nH]c2-c2ccc(Cl)cc2)ccc1OC(C)C. The van der Waals surface area contributed by atoms with Crippen molar-refractivity contribution in [1.29, 1.82) is 0 Å². The van der Waals surface area contributed by atoms with Crippen molar-refractivity contribution in [3.05, 3.63) is 64.8 Å². The van der Waals surface area contributed by atoms with Crippen LogP contribution < -0.4 is 14.8 Å². The highest BCUT2D eigenvalue weighted by Gasteiger charge is 2.19. The number of halogens is 1. The number of nitrogens with zero attached hydrogens (tertiary/aromatic N) is 1. The number of carbonyl (C=O) groups excluding carboxylic acids is 1. The summed E-state index contributed by atoms with van der Waals surface area (Å²) in [5.41, 5.74) is 2.85. The van der Waals surface area contributed by atoms with Gasteiger partial charge in [-0.3, -0.25) is 9.89 Å². The second-order valence-corrected chi connectivity index (χ2v) is 7.37. The summed E-state index contributed by atoms with van der Waals surface area (Å²) < 4.78 is 11.2. The van der Waals surface area contributed by atoms with Crippen LogP contribution in [0.25, 0.3) is 11.3 Å². The fourth-order valence-corrected chi connectivity index (χ4v) is 3.08. The fraction of sp³-hybridized carbons (Fsp3) is 0.273. The Morgan fingerprint density at radius 3 is 2.48 bits per heavy atom. The highest BCUT2D eigenvalue weighted by molar-refractivity contribution is 6.30. The van der Waals surface area contributed by atoms with Gasteiger partial charge < -0.3 is 14.8 Å². The van der Waals surface area contributed by atoms with Gasteiger partial charge in [-0.1, -0.05) is 29.8 Å². The first-order valence-electron chi connectivity index (χ1n) is 9.33. The summed E-state index contributed by atoms with van der Waals surface area (Å²) in [6.07, 6.45) is 1.56. The van der Waals surface area contributed by atoms with E-state index in [0.29, 0.717) is 27.8 Å². The summed E-state index contributed by atoms with van der Waals surface area (Å²) in [5, 5.41) is 10.6. The molecule has 0 aliphatic rings. The monoisotopic (exact) mass is 413 g/mol. The highest BCUT2D eigenvalue weighted by atomic mass is 35.5. The van der Waals surface area contributed by atoms with Crippen molar-refractivity contribution < 1.29 is 14.3 Å². The largest absolute Gasteiger partial charge is 0.493 e. The molecule has 2 N–H and O–H groups in total. The predicted molar refractivity (Wildman–Crippen MR) is 114 cm³/mol. The zero-order valence-electron chi connectivity index (χ0n) is 16.8. The molecule has 0 saturated carbocycles. The number of nitrogens with one attached hydrogen (secondary N) is 2. The van der Waals surface area contributed by atoms with E-state index < -0.39 is 0 Å². The molecule has 0 aliphatic heterocycles. The Hall–Kier alpha value is -2.99. The lowest BCUT2D eigenvalue weighted by molar-refractivity contribution is 0.0940. The van der Waals surface area contributed by atoms with Crippen LogP contribution in [0, 0.1) is 0 Å². The number of H-pyrrole nitrogens is 1. The Morgan fingerprint density at radius 1 is 1.10 bits per heavy atom. The number of aromatic amines is 1. The van der Waals surface area contributed by atoms with Crippen LogP contribution in [0.2, 0.25) is 5.02 Å². The van der Waals surface area contributed by atoms with Gasteiger partial charge in [0.25, 0.3) is 5.91 Å². The normalized spacial score (nSPS) is 11.9. The van der Waals surface area contributed by atoms with Gasteiger partial charge in [0, 0.05) is 10.6 Å². The summed E-state index contributed by atoms with van der Waals surface area (Å²) in [7, 11) is 1.60. The zero-order chi connectivity index (χ0) is 21.0. The lowest BCUT2D eigenvalue weighted by Gasteiger charge is -2.18. The van der Waals surface area contributed by atoms with E-state index in [0.717, 1.165) is 11.1 Å². The van der Waals surface area contributed by atoms with E-state index in [-0.39, 0.29) is 18.1 Å². The molecule has 0 bridgehead atoms. The molecule has 0 spiro atoms. The first-order valence-corrected chi connectivity index (χ1v) is 9.71. The Kier molecular flexibility index (Phi) is 6.44. The van der Waals surface area contributed by atoms with E-state index in [2.05, 4.69) is 15.5 Å². The van der Waals surface area contributed by atoms with Crippen molar-refractivity contribution in [2.75, 3.05) is 7.11 Å². The van der Waals surface area contributed by atoms with Crippen LogP contribution in [-0.4, -0.2) is 29.3 Å². The van der Waals surface area contributed by atoms with Crippen molar-refractivity contribution in [1.82, 2.24) is 15.5 Å². The number of rotatable bonds is 7. The van der Waals surface area contributed by atoms with E-state index in [4.69, 9.17) is 21.1 Å². The number of methoxy groups -OCH3 is 1. The average Bonchev–Trinajstić information content (AvgIpc) is 3.18. The first kappa shape index (κ1) is 20.7. The van der Waals surface area contributed by atoms with Crippen LogP contribution in [0.1, 0.15) is 42.7 Å². The van der Waals surface area contributed by atoms with Gasteiger partial charge in [-0.15, -0.1) is 0 Å². The molecule has 3 rings (SSSR count). The van der Waals surface area contributed by atoms with Crippen molar-refractivity contribution in [2.45, 2.75) is 32.9 Å². The Bertz CT molecular complexity index is 983. The van der Waals surface area contributed by atoms with Gasteiger partial charge in [-0.25, -0.2) is 0 Å². The summed E-state index contributed by atoms with van der Waals surface area (Å²) >= 11 is 5.95. The molecule has 0 aliphatic carbocycles. The van der Waals surface area contributed by atoms with E-state index in [9.17, 15) is 4.79 Å². The quantitative estimate of drug-likeness (QED) is 0.570. The van der Waals surface area contributed by atoms with Gasteiger partial charge >= 0.3 is 0 Å². The summed E-state index contributed by atoms with van der Waals surface area (Å²) in [6.45, 7) is 5.83. The zero-order valence-corrected chi connectivity index (χ0v) is 17.6. The topological polar surface area (TPSA) is 76.2 Å². The number of ether oxygens (including phenoxy) is 2. The third kappa shape index (κ3) is 4.90. The third-order valence-corrected chi connectivity index (χ3v) is 4.67. The third-order valence-electron chi connectivity index (χ3n) is 4.41. The molecular weight excluding hydrogens is 390 g/mol. The van der Waals surface area contributed by atoms with Crippen LogP contribution in [0.3, 0.4) is 0 Å². The summed E-state index contributed by atoms with van der Waals surface area (Å²) in [4.78, 5) is 12.9. The second kappa shape index (κ2) is 9.01. The van der Waals surface area contributed by atoms with Crippen LogP contribution in [-0.2, 0) is 0 Å². The molecule has 152 valence electrons. The molecule has 7 heteroatoms. The minimum atomic E-state index is -0.238. The van der Waals surface area contributed by atoms with Crippen LogP contribution >= 0.6 is 11.6 Å². The molecule has 3 aromatic rings. The lowest BCUT2D eigenvalue weighted by atomic mass is 10.1. The van der Waals surface area contributed by atoms with Gasteiger partial charge in [0.2, 0.25) is 0 Å². The van der Waals surface area contributed by atoms with Crippen molar-refractivity contribution >= 4 is 17.5 Å². The fourth-order valence-electron chi connectivity index (χ4n) is 2.96. The maximum atomic E-state index is 12.9. The maximum absolute atomic E-state index is 12.9. The molecule has 0 saturated heterocycles. The van der Waals surface area contributed by atoms with Crippen molar-refractivity contribution in [3.63, 3.8) is 0 Å². The van der Waals surface area contributed by atoms with Crippen LogP contribution in [0.15, 0.2) is 48.7 Å². The number of benzene rings is 2. The molecule has 0 radical (unpaired) electrons. The molecule has 1 amide bonds. The van der Waals surface area contributed by atoms with E-state index in [1.807, 2.05) is 51.1 Å². The van der Waals surface area contributed by atoms with E-state index in [1.165, 1.54) is 6.20 Å². The molecule has 1 unspecified atom stereocenters. The Balaban J connectivity index is 1.78. The molecule has 2 aromatic carbocycles. The Labute approximate surface area is 175 Å². The minimum Gasteiger partial charge on any atom is -0.493 e. The molecule has 6 nitrogen and oxygen atoms in total. The van der Waals surface area contributed by atoms with Crippen LogP contribution in [0.4, 0.5) is 0 Å². The molecule has 0 fully saturated rings. The van der Waals surface area contributed by atoms with E-state index >= 15 is 0 Å². The molecular formula is C22H24ClN3O3. The summed E-state index contributed by atoms with van der Waals surface area (Å²) in [5.74, 6) is 1.07. The van der Waals surface area contributed by atoms with E-state index in [1.54, 1.807) is 19.2 Å². The number of amides is 1. The number of hydrogen-bond acceptors (Lipinski definition) is 4. The average molecular weight is 414 g/mol. The van der Waals surface area contributed by atoms with Gasteiger partial charge in [0.1, 0.15) is 0 Å². The van der Waals surface area contributed by atoms with Gasteiger partial charge in [-0.05, 0) is 50.6 Å². The second-order valence-electron chi connectivity index (χ2n) is 6.94. The standard InChI is InChI=1S/C22H24ClN3O3/c1-13(2)29-19-10-7-16(11-20(19)28-4)14(3)25-22(27)18-12-24-26-21(18)15-5-8-17(23)9-6-15/h5-14H,1-4H3,(H,24,26)(H,25,27). The lowest BCUT2D eigenvalue weighted by Crippen LogP contribution is -2.26. The van der Waals surface area contributed by atoms with Crippen molar-refractivity contribution in [3.8, 4) is 22.8 Å². The number of carbonyl (C=O) groups is 1. The predicted octanol–water partition coefficient (Wildman–Crippen LogP) is 5.02. The van der Waals surface area contributed by atoms with Crippen molar-refractivity contribution in [2.24, 2.45) is 0 Å². The maximum Gasteiger partial charge on any atom is 0.255 e. The molecule has 29 heavy (non-hydrogen) atoms. The smallest absolute Gasteiger partial charge is 0.255 e. The number of aromatic nitrogens is 2. The highest BCUT2D eigenvalue weighted by Crippen LogP contribution is 2.31. The minimum absolute atomic E-state index is 0.0410. The summed E-state index contributed by atoms with van der Waals surface area (Å²) in [6, 6.07) is 12.6. The van der Waals surface area contributed by atoms with Gasteiger partial charge in [0.15, 0.2) is 11.5 Å². The first-order chi connectivity index (χ1) is 13.9. The number of hydrogen-bond donors (Lipinski definition) is 2. The van der Waals surface area contributed by atoms with Gasteiger partial charge in [-0.2, -0.15) is 5.10 Å². The van der Waals surface area contributed by atoms with Gasteiger partial charge in [0.05, 0.1) is 36.7 Å². The van der Waals surface area contributed by atoms with Crippen LogP contribution in [0.5, 0.6) is 11.5 Å². The molecule has 1 aromatic heterocycles.